The Balaban J connectivity index is 2.22. The second kappa shape index (κ2) is 5.13. The van der Waals surface area contributed by atoms with Gasteiger partial charge in [-0.2, -0.15) is 0 Å². The summed E-state index contributed by atoms with van der Waals surface area (Å²) in [5, 5.41) is 22.5. The van der Waals surface area contributed by atoms with Crippen LogP contribution in [0.2, 0.25) is 0 Å². The van der Waals surface area contributed by atoms with Crippen LogP contribution in [0.4, 0.5) is 11.5 Å². The van der Waals surface area contributed by atoms with Crippen molar-refractivity contribution in [1.29, 1.82) is 0 Å². The minimum Gasteiger partial charge on any atom is -0.507 e. The van der Waals surface area contributed by atoms with Crippen LogP contribution in [-0.4, -0.2) is 20.9 Å². The number of amides is 1. The number of carbonyl (C=O) groups excluding carboxylic acids is 1. The molecule has 19 heavy (non-hydrogen) atoms. The molecular formula is C12H9N3O4. The van der Waals surface area contributed by atoms with Crippen molar-refractivity contribution >= 4 is 17.4 Å². The van der Waals surface area contributed by atoms with E-state index in [4.69, 9.17) is 0 Å². The van der Waals surface area contributed by atoms with Crippen LogP contribution in [0, 0.1) is 10.1 Å². The fourth-order valence-corrected chi connectivity index (χ4v) is 1.45. The average molecular weight is 259 g/mol. The number of aromatic nitrogens is 1. The molecule has 0 aliphatic rings. The SMILES string of the molecule is O=C(Nc1cc([N+](=O)[O-])ccn1)c1ccccc1O. The van der Waals surface area contributed by atoms with E-state index in [9.17, 15) is 20.0 Å². The first-order valence-corrected chi connectivity index (χ1v) is 5.28. The van der Waals surface area contributed by atoms with E-state index in [1.54, 1.807) is 12.1 Å². The number of nitrogens with one attached hydrogen (secondary N) is 1. The van der Waals surface area contributed by atoms with Crippen molar-refractivity contribution in [3.05, 3.63) is 58.3 Å². The maximum absolute atomic E-state index is 11.8. The number of nitrogens with zero attached hydrogens (tertiary/aromatic N) is 2. The Labute approximate surface area is 107 Å². The number of anilines is 1. The first-order valence-electron chi connectivity index (χ1n) is 5.28. The summed E-state index contributed by atoms with van der Waals surface area (Å²) in [6.45, 7) is 0. The highest BCUT2D eigenvalue weighted by Gasteiger charge is 2.13. The van der Waals surface area contributed by atoms with E-state index in [2.05, 4.69) is 10.3 Å². The van der Waals surface area contributed by atoms with Crippen LogP contribution < -0.4 is 5.32 Å². The molecule has 0 saturated heterocycles. The number of para-hydroxylation sites is 1. The van der Waals surface area contributed by atoms with Crippen molar-refractivity contribution in [3.8, 4) is 5.75 Å². The van der Waals surface area contributed by atoms with Gasteiger partial charge in [0.05, 0.1) is 16.6 Å². The van der Waals surface area contributed by atoms with E-state index in [1.165, 1.54) is 24.4 Å². The van der Waals surface area contributed by atoms with E-state index >= 15 is 0 Å². The molecule has 0 bridgehead atoms. The van der Waals surface area contributed by atoms with Gasteiger partial charge in [0.2, 0.25) is 0 Å². The van der Waals surface area contributed by atoms with Gasteiger partial charge in [0.25, 0.3) is 11.6 Å². The summed E-state index contributed by atoms with van der Waals surface area (Å²) in [4.78, 5) is 25.6. The van der Waals surface area contributed by atoms with Crippen molar-refractivity contribution in [2.24, 2.45) is 0 Å². The van der Waals surface area contributed by atoms with E-state index in [1.807, 2.05) is 0 Å². The summed E-state index contributed by atoms with van der Waals surface area (Å²) >= 11 is 0. The van der Waals surface area contributed by atoms with Gasteiger partial charge in [0.1, 0.15) is 11.6 Å². The van der Waals surface area contributed by atoms with Crippen molar-refractivity contribution in [1.82, 2.24) is 4.98 Å². The minimum atomic E-state index is -0.592. The second-order valence-corrected chi connectivity index (χ2v) is 3.63. The molecule has 7 heteroatoms. The standard InChI is InChI=1S/C12H9N3O4/c16-10-4-2-1-3-9(10)12(17)14-11-7-8(15(18)19)5-6-13-11/h1-7,16H,(H,13,14,17). The number of nitro groups is 1. The molecule has 1 amide bonds. The normalized spacial score (nSPS) is 9.89. The second-order valence-electron chi connectivity index (χ2n) is 3.63. The molecule has 0 saturated carbocycles. The molecule has 2 rings (SSSR count). The van der Waals surface area contributed by atoms with Crippen molar-refractivity contribution < 1.29 is 14.8 Å². The van der Waals surface area contributed by atoms with Gasteiger partial charge in [-0.1, -0.05) is 12.1 Å². The molecule has 0 atom stereocenters. The van der Waals surface area contributed by atoms with Gasteiger partial charge in [-0.05, 0) is 12.1 Å². The van der Waals surface area contributed by atoms with E-state index in [-0.39, 0.29) is 22.8 Å². The summed E-state index contributed by atoms with van der Waals surface area (Å²) in [5.74, 6) is -0.723. The highest BCUT2D eigenvalue weighted by atomic mass is 16.6. The smallest absolute Gasteiger partial charge is 0.274 e. The highest BCUT2D eigenvalue weighted by molar-refractivity contribution is 6.05. The van der Waals surface area contributed by atoms with Gasteiger partial charge in [-0.15, -0.1) is 0 Å². The lowest BCUT2D eigenvalue weighted by Crippen LogP contribution is -2.13. The van der Waals surface area contributed by atoms with Gasteiger partial charge < -0.3 is 10.4 Å². The van der Waals surface area contributed by atoms with E-state index in [0.717, 1.165) is 6.07 Å². The average Bonchev–Trinajstić information content (AvgIpc) is 2.39. The quantitative estimate of drug-likeness (QED) is 0.647. The van der Waals surface area contributed by atoms with E-state index < -0.39 is 10.8 Å². The molecule has 0 unspecified atom stereocenters. The Morgan fingerprint density at radius 3 is 2.74 bits per heavy atom. The van der Waals surface area contributed by atoms with Crippen molar-refractivity contribution in [2.45, 2.75) is 0 Å². The molecule has 1 aromatic carbocycles. The lowest BCUT2D eigenvalue weighted by Gasteiger charge is -2.05. The lowest BCUT2D eigenvalue weighted by molar-refractivity contribution is -0.384. The van der Waals surface area contributed by atoms with Crippen LogP contribution in [0.25, 0.3) is 0 Å². The molecule has 0 spiro atoms. The zero-order chi connectivity index (χ0) is 13.8. The molecule has 2 aromatic rings. The van der Waals surface area contributed by atoms with Crippen LogP contribution in [-0.2, 0) is 0 Å². The monoisotopic (exact) mass is 259 g/mol. The zero-order valence-corrected chi connectivity index (χ0v) is 9.61. The molecule has 96 valence electrons. The van der Waals surface area contributed by atoms with Crippen LogP contribution in [0.5, 0.6) is 5.75 Å². The van der Waals surface area contributed by atoms with Gasteiger partial charge in [-0.25, -0.2) is 4.98 Å². The number of rotatable bonds is 3. The maximum atomic E-state index is 11.8. The number of benzene rings is 1. The molecule has 0 fully saturated rings. The number of phenols is 1. The third-order valence-electron chi connectivity index (χ3n) is 2.34. The Kier molecular flexibility index (Phi) is 3.37. The van der Waals surface area contributed by atoms with Gasteiger partial charge in [0.15, 0.2) is 0 Å². The minimum absolute atomic E-state index is 0.0439. The molecule has 1 aromatic heterocycles. The fraction of sp³-hybridized carbons (Fsp3) is 0. The Morgan fingerprint density at radius 1 is 1.32 bits per heavy atom. The number of aromatic hydroxyl groups is 1. The fourth-order valence-electron chi connectivity index (χ4n) is 1.45. The molecular weight excluding hydrogens is 250 g/mol. The van der Waals surface area contributed by atoms with Crippen LogP contribution in [0.15, 0.2) is 42.6 Å². The summed E-state index contributed by atoms with van der Waals surface area (Å²) in [5.41, 5.74) is -0.113. The summed E-state index contributed by atoms with van der Waals surface area (Å²) in [6.07, 6.45) is 1.22. The van der Waals surface area contributed by atoms with Crippen molar-refractivity contribution in [2.75, 3.05) is 5.32 Å². The van der Waals surface area contributed by atoms with E-state index in [0.29, 0.717) is 0 Å². The Hall–Kier alpha value is -2.96. The number of phenolic OH excluding ortho intramolecular Hbond substituents is 1. The third kappa shape index (κ3) is 2.83. The van der Waals surface area contributed by atoms with Gasteiger partial charge in [0, 0.05) is 12.3 Å². The largest absolute Gasteiger partial charge is 0.507 e. The summed E-state index contributed by atoms with van der Waals surface area (Å²) < 4.78 is 0. The molecule has 7 nitrogen and oxygen atoms in total. The van der Waals surface area contributed by atoms with Gasteiger partial charge in [-0.3, -0.25) is 14.9 Å². The summed E-state index contributed by atoms with van der Waals surface area (Å²) in [6, 6.07) is 8.33. The summed E-state index contributed by atoms with van der Waals surface area (Å²) in [7, 11) is 0. The molecule has 2 N–H and O–H groups in total. The van der Waals surface area contributed by atoms with Crippen LogP contribution >= 0.6 is 0 Å². The van der Waals surface area contributed by atoms with Crippen LogP contribution in [0.3, 0.4) is 0 Å². The number of carbonyl (C=O) groups is 1. The predicted octanol–water partition coefficient (Wildman–Crippen LogP) is 1.95. The lowest BCUT2D eigenvalue weighted by atomic mass is 10.2. The van der Waals surface area contributed by atoms with Crippen molar-refractivity contribution in [3.63, 3.8) is 0 Å². The third-order valence-corrected chi connectivity index (χ3v) is 2.34. The highest BCUT2D eigenvalue weighted by Crippen LogP contribution is 2.19. The number of hydrogen-bond donors (Lipinski definition) is 2. The zero-order valence-electron chi connectivity index (χ0n) is 9.61. The first kappa shape index (κ1) is 12.5. The predicted molar refractivity (Wildman–Crippen MR) is 67.0 cm³/mol. The molecule has 0 radical (unpaired) electrons. The Morgan fingerprint density at radius 2 is 2.05 bits per heavy atom. The number of hydrogen-bond acceptors (Lipinski definition) is 5. The maximum Gasteiger partial charge on any atom is 0.274 e. The first-order chi connectivity index (χ1) is 9.08. The number of pyridine rings is 1. The molecule has 0 aliphatic heterocycles. The topological polar surface area (TPSA) is 105 Å². The molecule has 1 heterocycles. The van der Waals surface area contributed by atoms with Gasteiger partial charge >= 0.3 is 0 Å². The molecule has 0 aliphatic carbocycles. The Bertz CT molecular complexity index is 642. The van der Waals surface area contributed by atoms with Crippen LogP contribution in [0.1, 0.15) is 10.4 Å².